The van der Waals surface area contributed by atoms with Crippen molar-refractivity contribution in [1.82, 2.24) is 9.78 Å². The van der Waals surface area contributed by atoms with Crippen LogP contribution < -0.4 is 0 Å². The second kappa shape index (κ2) is 6.94. The van der Waals surface area contributed by atoms with E-state index < -0.39 is 11.8 Å². The minimum atomic E-state index is -1.26. The van der Waals surface area contributed by atoms with Crippen LogP contribution in [0.15, 0.2) is 30.5 Å². The molecule has 122 valence electrons. The molecule has 0 bridgehead atoms. The molecule has 1 aliphatic carbocycles. The lowest BCUT2D eigenvalue weighted by molar-refractivity contribution is 0.0692. The standard InChI is InChI=1S/C18H21FN2O2/c19-17-12-15(8-9-16(17)18(22)23)21-11-10-14(20-21)7-3-6-13-4-1-2-5-13/h8-13H,1-7H2,(H,22,23). The van der Waals surface area contributed by atoms with Gasteiger partial charge in [0.05, 0.1) is 16.9 Å². The lowest BCUT2D eigenvalue weighted by atomic mass is 10.00. The van der Waals surface area contributed by atoms with Crippen molar-refractivity contribution < 1.29 is 14.3 Å². The molecule has 2 aromatic rings. The van der Waals surface area contributed by atoms with Crippen LogP contribution in [0.5, 0.6) is 0 Å². The number of hydrogen-bond donors (Lipinski definition) is 1. The maximum absolute atomic E-state index is 13.7. The molecule has 1 fully saturated rings. The zero-order chi connectivity index (χ0) is 16.2. The van der Waals surface area contributed by atoms with E-state index in [0.717, 1.165) is 24.5 Å². The Labute approximate surface area is 134 Å². The summed E-state index contributed by atoms with van der Waals surface area (Å²) in [5.41, 5.74) is 1.21. The number of carbonyl (C=O) groups is 1. The molecule has 23 heavy (non-hydrogen) atoms. The van der Waals surface area contributed by atoms with E-state index in [1.807, 2.05) is 6.07 Å². The molecule has 1 aromatic heterocycles. The van der Waals surface area contributed by atoms with Crippen molar-refractivity contribution in [3.8, 4) is 5.69 Å². The van der Waals surface area contributed by atoms with Crippen LogP contribution in [0, 0.1) is 11.7 Å². The smallest absolute Gasteiger partial charge is 0.338 e. The Morgan fingerprint density at radius 1 is 1.30 bits per heavy atom. The van der Waals surface area contributed by atoms with Crippen LogP contribution in [0.4, 0.5) is 4.39 Å². The Hall–Kier alpha value is -2.17. The maximum atomic E-state index is 13.7. The van der Waals surface area contributed by atoms with E-state index in [1.165, 1.54) is 44.2 Å². The summed E-state index contributed by atoms with van der Waals surface area (Å²) in [6.07, 6.45) is 10.6. The van der Waals surface area contributed by atoms with Crippen molar-refractivity contribution >= 4 is 5.97 Å². The normalized spacial score (nSPS) is 15.2. The lowest BCUT2D eigenvalue weighted by Crippen LogP contribution is -2.03. The van der Waals surface area contributed by atoms with Gasteiger partial charge in [-0.05, 0) is 37.0 Å². The van der Waals surface area contributed by atoms with Gasteiger partial charge in [0, 0.05) is 12.3 Å². The third kappa shape index (κ3) is 3.78. The van der Waals surface area contributed by atoms with Crippen LogP contribution >= 0.6 is 0 Å². The van der Waals surface area contributed by atoms with Crippen molar-refractivity contribution in [3.63, 3.8) is 0 Å². The molecule has 0 amide bonds. The molecule has 0 atom stereocenters. The molecule has 0 unspecified atom stereocenters. The topological polar surface area (TPSA) is 55.1 Å². The fraction of sp³-hybridized carbons (Fsp3) is 0.444. The van der Waals surface area contributed by atoms with Gasteiger partial charge in [0.2, 0.25) is 0 Å². The molecule has 4 nitrogen and oxygen atoms in total. The SMILES string of the molecule is O=C(O)c1ccc(-n2ccc(CCCC3CCCC3)n2)cc1F. The minimum absolute atomic E-state index is 0.322. The zero-order valence-electron chi connectivity index (χ0n) is 13.0. The predicted molar refractivity (Wildman–Crippen MR) is 85.4 cm³/mol. The summed E-state index contributed by atoms with van der Waals surface area (Å²) in [6, 6.07) is 5.99. The third-order valence-electron chi connectivity index (χ3n) is 4.61. The quantitative estimate of drug-likeness (QED) is 0.868. The predicted octanol–water partition coefficient (Wildman–Crippen LogP) is 4.22. The number of aromatic nitrogens is 2. The zero-order valence-corrected chi connectivity index (χ0v) is 13.0. The van der Waals surface area contributed by atoms with Crippen molar-refractivity contribution in [2.45, 2.75) is 44.9 Å². The van der Waals surface area contributed by atoms with Gasteiger partial charge in [-0.2, -0.15) is 5.10 Å². The van der Waals surface area contributed by atoms with Crippen LogP contribution in [0.1, 0.15) is 54.6 Å². The average Bonchev–Trinajstić information content (AvgIpc) is 3.18. The Morgan fingerprint density at radius 3 is 2.78 bits per heavy atom. The Kier molecular flexibility index (Phi) is 4.74. The number of aromatic carboxylic acids is 1. The van der Waals surface area contributed by atoms with Gasteiger partial charge in [0.1, 0.15) is 5.82 Å². The first-order chi connectivity index (χ1) is 11.1. The molecular weight excluding hydrogens is 295 g/mol. The van der Waals surface area contributed by atoms with Crippen molar-refractivity contribution in [2.75, 3.05) is 0 Å². The number of hydrogen-bond acceptors (Lipinski definition) is 2. The molecule has 1 aliphatic rings. The van der Waals surface area contributed by atoms with Crippen molar-refractivity contribution in [1.29, 1.82) is 0 Å². The number of rotatable bonds is 6. The summed E-state index contributed by atoms with van der Waals surface area (Å²) in [5.74, 6) is -1.12. The van der Waals surface area contributed by atoms with E-state index in [-0.39, 0.29) is 5.56 Å². The molecule has 1 aromatic carbocycles. The molecule has 0 radical (unpaired) electrons. The van der Waals surface area contributed by atoms with Gasteiger partial charge in [0.15, 0.2) is 0 Å². The van der Waals surface area contributed by atoms with E-state index in [2.05, 4.69) is 5.10 Å². The highest BCUT2D eigenvalue weighted by atomic mass is 19.1. The van der Waals surface area contributed by atoms with E-state index in [0.29, 0.717) is 5.69 Å². The van der Waals surface area contributed by atoms with Gasteiger partial charge >= 0.3 is 5.97 Å². The fourth-order valence-corrected chi connectivity index (χ4v) is 3.33. The van der Waals surface area contributed by atoms with Gasteiger partial charge in [-0.1, -0.05) is 32.1 Å². The van der Waals surface area contributed by atoms with Crippen LogP contribution in [-0.2, 0) is 6.42 Å². The van der Waals surface area contributed by atoms with E-state index >= 15 is 0 Å². The van der Waals surface area contributed by atoms with Gasteiger partial charge < -0.3 is 5.11 Å². The second-order valence-electron chi connectivity index (χ2n) is 6.26. The number of carboxylic acid groups (broad SMARTS) is 1. The second-order valence-corrected chi connectivity index (χ2v) is 6.26. The molecule has 1 heterocycles. The number of carboxylic acids is 1. The van der Waals surface area contributed by atoms with Crippen molar-refractivity contribution in [3.05, 3.63) is 47.5 Å². The highest BCUT2D eigenvalue weighted by Crippen LogP contribution is 2.28. The molecule has 0 spiro atoms. The molecule has 1 N–H and O–H groups in total. The van der Waals surface area contributed by atoms with Crippen LogP contribution in [0.25, 0.3) is 5.69 Å². The first kappa shape index (κ1) is 15.7. The first-order valence-corrected chi connectivity index (χ1v) is 8.21. The summed E-state index contributed by atoms with van der Waals surface area (Å²) < 4.78 is 15.3. The van der Waals surface area contributed by atoms with E-state index in [4.69, 9.17) is 5.11 Å². The Morgan fingerprint density at radius 2 is 2.09 bits per heavy atom. The largest absolute Gasteiger partial charge is 0.478 e. The van der Waals surface area contributed by atoms with Crippen LogP contribution in [0.2, 0.25) is 0 Å². The first-order valence-electron chi connectivity index (χ1n) is 8.21. The number of aryl methyl sites for hydroxylation is 1. The fourth-order valence-electron chi connectivity index (χ4n) is 3.33. The summed E-state index contributed by atoms with van der Waals surface area (Å²) in [6.45, 7) is 0. The Balaban J connectivity index is 1.62. The number of nitrogens with zero attached hydrogens (tertiary/aromatic N) is 2. The van der Waals surface area contributed by atoms with Gasteiger partial charge in [-0.3, -0.25) is 0 Å². The highest BCUT2D eigenvalue weighted by molar-refractivity contribution is 5.88. The number of halogens is 1. The molecule has 3 rings (SSSR count). The summed E-state index contributed by atoms with van der Waals surface area (Å²) in [5, 5.41) is 13.3. The molecular formula is C18H21FN2O2. The van der Waals surface area contributed by atoms with Gasteiger partial charge in [-0.25, -0.2) is 13.9 Å². The summed E-state index contributed by atoms with van der Waals surface area (Å²) in [7, 11) is 0. The van der Waals surface area contributed by atoms with Gasteiger partial charge in [0.25, 0.3) is 0 Å². The monoisotopic (exact) mass is 316 g/mol. The maximum Gasteiger partial charge on any atom is 0.338 e. The Bertz CT molecular complexity index is 690. The van der Waals surface area contributed by atoms with E-state index in [9.17, 15) is 9.18 Å². The van der Waals surface area contributed by atoms with Crippen LogP contribution in [-0.4, -0.2) is 20.9 Å². The summed E-state index contributed by atoms with van der Waals surface area (Å²) in [4.78, 5) is 10.8. The third-order valence-corrected chi connectivity index (χ3v) is 4.61. The van der Waals surface area contributed by atoms with Crippen molar-refractivity contribution in [2.24, 2.45) is 5.92 Å². The molecule has 5 heteroatoms. The molecule has 0 saturated heterocycles. The number of benzene rings is 1. The highest BCUT2D eigenvalue weighted by Gasteiger charge is 2.15. The summed E-state index contributed by atoms with van der Waals surface area (Å²) >= 11 is 0. The van der Waals surface area contributed by atoms with Crippen LogP contribution in [0.3, 0.4) is 0 Å². The molecule has 1 saturated carbocycles. The van der Waals surface area contributed by atoms with E-state index in [1.54, 1.807) is 16.9 Å². The average molecular weight is 316 g/mol. The van der Waals surface area contributed by atoms with Gasteiger partial charge in [-0.15, -0.1) is 0 Å². The lowest BCUT2D eigenvalue weighted by Gasteiger charge is -2.07. The molecule has 0 aliphatic heterocycles. The minimum Gasteiger partial charge on any atom is -0.478 e.